The van der Waals surface area contributed by atoms with Gasteiger partial charge in [-0.05, 0) is 30.3 Å². The van der Waals surface area contributed by atoms with Gasteiger partial charge in [0.05, 0.1) is 24.3 Å². The third kappa shape index (κ3) is 3.13. The van der Waals surface area contributed by atoms with E-state index in [9.17, 15) is 14.0 Å². The van der Waals surface area contributed by atoms with Crippen molar-refractivity contribution in [1.82, 2.24) is 19.2 Å². The van der Waals surface area contributed by atoms with E-state index in [0.29, 0.717) is 28.0 Å². The third-order valence-corrected chi connectivity index (χ3v) is 4.61. The molecule has 0 fully saturated rings. The Morgan fingerprint density at radius 2 is 2.00 bits per heavy atom. The van der Waals surface area contributed by atoms with Crippen LogP contribution >= 0.6 is 0 Å². The molecule has 3 aromatic heterocycles. The summed E-state index contributed by atoms with van der Waals surface area (Å²) in [5, 5.41) is 4.14. The molecule has 142 valence electrons. The lowest BCUT2D eigenvalue weighted by molar-refractivity contribution is -0.118. The Hall–Kier alpha value is -3.55. The van der Waals surface area contributed by atoms with Crippen LogP contribution in [0.4, 0.5) is 4.39 Å². The summed E-state index contributed by atoms with van der Waals surface area (Å²) in [7, 11) is 1.50. The highest BCUT2D eigenvalue weighted by molar-refractivity contribution is 5.82. The largest absolute Gasteiger partial charge is 0.481 e. The van der Waals surface area contributed by atoms with Crippen LogP contribution in [0.2, 0.25) is 0 Å². The van der Waals surface area contributed by atoms with Crippen LogP contribution in [-0.2, 0) is 17.8 Å². The number of aromatic nitrogens is 4. The smallest absolute Gasteiger partial charge is 0.277 e. The molecule has 0 aliphatic carbocycles. The molecule has 3 heterocycles. The van der Waals surface area contributed by atoms with Crippen LogP contribution in [0.3, 0.4) is 0 Å². The zero-order valence-corrected chi connectivity index (χ0v) is 15.1. The molecule has 0 radical (unpaired) electrons. The Morgan fingerprint density at radius 1 is 1.14 bits per heavy atom. The van der Waals surface area contributed by atoms with Crippen molar-refractivity contribution in [1.29, 1.82) is 0 Å². The lowest BCUT2D eigenvalue weighted by atomic mass is 10.1. The molecule has 0 spiro atoms. The Morgan fingerprint density at radius 3 is 2.82 bits per heavy atom. The first-order valence-electron chi connectivity index (χ1n) is 8.74. The molecule has 0 aliphatic heterocycles. The summed E-state index contributed by atoms with van der Waals surface area (Å²) < 4.78 is 21.9. The van der Waals surface area contributed by atoms with Crippen molar-refractivity contribution in [3.05, 3.63) is 70.5 Å². The molecule has 0 unspecified atom stereocenters. The van der Waals surface area contributed by atoms with E-state index in [1.54, 1.807) is 30.5 Å². The minimum atomic E-state index is -0.460. The van der Waals surface area contributed by atoms with Gasteiger partial charge in [0.15, 0.2) is 0 Å². The van der Waals surface area contributed by atoms with Gasteiger partial charge in [-0.3, -0.25) is 9.59 Å². The number of Topliss-reactive ketones (excluding diaryl/α,β-unsaturated/α-hetero) is 1. The van der Waals surface area contributed by atoms with Gasteiger partial charge >= 0.3 is 0 Å². The second kappa shape index (κ2) is 7.22. The zero-order valence-electron chi connectivity index (χ0n) is 15.1. The molecule has 0 amide bonds. The summed E-state index contributed by atoms with van der Waals surface area (Å²) in [6, 6.07) is 9.29. The van der Waals surface area contributed by atoms with Crippen LogP contribution in [0.15, 0.2) is 53.6 Å². The number of nitrogens with zero attached hydrogens (tertiary/aromatic N) is 4. The molecule has 7 nitrogen and oxygen atoms in total. The van der Waals surface area contributed by atoms with Gasteiger partial charge in [0.1, 0.15) is 17.1 Å². The molecule has 0 atom stereocenters. The maximum Gasteiger partial charge on any atom is 0.277 e. The van der Waals surface area contributed by atoms with Crippen molar-refractivity contribution in [3.63, 3.8) is 0 Å². The first-order chi connectivity index (χ1) is 13.6. The molecule has 0 saturated carbocycles. The van der Waals surface area contributed by atoms with Gasteiger partial charge in [0.2, 0.25) is 5.88 Å². The van der Waals surface area contributed by atoms with E-state index >= 15 is 0 Å². The predicted molar refractivity (Wildman–Crippen MR) is 101 cm³/mol. The molecule has 0 aliphatic rings. The van der Waals surface area contributed by atoms with Crippen LogP contribution < -0.4 is 10.3 Å². The lowest BCUT2D eigenvalue weighted by Gasteiger charge is -2.12. The average Bonchev–Trinajstić information content (AvgIpc) is 3.18. The quantitative estimate of drug-likeness (QED) is 0.513. The van der Waals surface area contributed by atoms with Crippen molar-refractivity contribution in [3.8, 4) is 5.88 Å². The van der Waals surface area contributed by atoms with Crippen molar-refractivity contribution < 1.29 is 13.9 Å². The maximum atomic E-state index is 13.8. The van der Waals surface area contributed by atoms with Crippen molar-refractivity contribution >= 4 is 22.3 Å². The number of pyridine rings is 1. The number of halogens is 1. The number of fused-ring (bicyclic) bond motifs is 3. The van der Waals surface area contributed by atoms with E-state index < -0.39 is 5.82 Å². The average molecular weight is 380 g/mol. The number of hydrogen-bond acceptors (Lipinski definition) is 5. The van der Waals surface area contributed by atoms with Gasteiger partial charge in [-0.2, -0.15) is 5.10 Å². The van der Waals surface area contributed by atoms with Crippen molar-refractivity contribution in [2.75, 3.05) is 7.11 Å². The third-order valence-electron chi connectivity index (χ3n) is 4.61. The highest BCUT2D eigenvalue weighted by atomic mass is 19.1. The minimum Gasteiger partial charge on any atom is -0.481 e. The number of rotatable bonds is 6. The van der Waals surface area contributed by atoms with Gasteiger partial charge in [0, 0.05) is 31.1 Å². The summed E-state index contributed by atoms with van der Waals surface area (Å²) in [6.45, 7) is 0.141. The number of carbonyl (C=O) groups is 1. The summed E-state index contributed by atoms with van der Waals surface area (Å²) in [5.41, 5.74) is 1.74. The van der Waals surface area contributed by atoms with Gasteiger partial charge in [0.25, 0.3) is 5.56 Å². The second-order valence-electron chi connectivity index (χ2n) is 6.36. The Bertz CT molecular complexity index is 1250. The van der Waals surface area contributed by atoms with Crippen LogP contribution in [0.5, 0.6) is 5.88 Å². The number of carbonyl (C=O) groups excluding carboxylic acids is 1. The molecular formula is C20H17FN4O3. The molecule has 28 heavy (non-hydrogen) atoms. The van der Waals surface area contributed by atoms with E-state index in [1.165, 1.54) is 34.5 Å². The lowest BCUT2D eigenvalue weighted by Crippen LogP contribution is -2.24. The number of aryl methyl sites for hydroxylation is 1. The Kier molecular flexibility index (Phi) is 4.60. The van der Waals surface area contributed by atoms with Gasteiger partial charge in [-0.15, -0.1) is 0 Å². The van der Waals surface area contributed by atoms with E-state index in [0.717, 1.165) is 0 Å². The SMILES string of the molecule is COc1ncccc1CC(=O)CCn1c(=O)c2ccnn2c2ccc(F)cc21. The molecule has 1 aromatic carbocycles. The highest BCUT2D eigenvalue weighted by Crippen LogP contribution is 2.18. The Labute approximate surface area is 159 Å². The molecule has 8 heteroatoms. The molecule has 0 N–H and O–H groups in total. The maximum absolute atomic E-state index is 13.8. The Balaban J connectivity index is 1.65. The number of ether oxygens (including phenoxy) is 1. The van der Waals surface area contributed by atoms with E-state index in [1.807, 2.05) is 0 Å². The fourth-order valence-corrected chi connectivity index (χ4v) is 3.30. The van der Waals surface area contributed by atoms with Crippen LogP contribution in [0.25, 0.3) is 16.6 Å². The summed E-state index contributed by atoms with van der Waals surface area (Å²) >= 11 is 0. The second-order valence-corrected chi connectivity index (χ2v) is 6.36. The highest BCUT2D eigenvalue weighted by Gasteiger charge is 2.15. The molecular weight excluding hydrogens is 363 g/mol. The van der Waals surface area contributed by atoms with E-state index in [2.05, 4.69) is 10.1 Å². The molecule has 0 saturated heterocycles. The van der Waals surface area contributed by atoms with Crippen LogP contribution in [0.1, 0.15) is 12.0 Å². The van der Waals surface area contributed by atoms with E-state index in [4.69, 9.17) is 4.74 Å². The first-order valence-corrected chi connectivity index (χ1v) is 8.74. The van der Waals surface area contributed by atoms with Crippen LogP contribution in [-0.4, -0.2) is 32.1 Å². The standard InChI is InChI=1S/C20H17FN4O3/c1-28-19-13(3-2-8-22-19)11-15(26)7-10-24-18-12-14(21)4-5-16(18)25-17(20(24)27)6-9-23-25/h2-6,8-9,12H,7,10-11H2,1H3. The van der Waals surface area contributed by atoms with Gasteiger partial charge in [-0.25, -0.2) is 13.9 Å². The molecule has 4 aromatic rings. The number of hydrogen-bond donors (Lipinski definition) is 0. The first kappa shape index (κ1) is 17.8. The van der Waals surface area contributed by atoms with Gasteiger partial charge in [-0.1, -0.05) is 6.07 Å². The summed E-state index contributed by atoms with van der Waals surface area (Å²) in [4.78, 5) is 29.4. The normalized spacial score (nSPS) is 11.2. The molecule has 0 bridgehead atoms. The number of ketones is 1. The van der Waals surface area contributed by atoms with Crippen molar-refractivity contribution in [2.45, 2.75) is 19.4 Å². The molecule has 4 rings (SSSR count). The topological polar surface area (TPSA) is 78.5 Å². The number of methoxy groups -OCH3 is 1. The summed E-state index contributed by atoms with van der Waals surface area (Å²) in [5.74, 6) is -0.129. The predicted octanol–water partition coefficient (Wildman–Crippen LogP) is 2.39. The minimum absolute atomic E-state index is 0.0730. The monoisotopic (exact) mass is 380 g/mol. The fourth-order valence-electron chi connectivity index (χ4n) is 3.30. The van der Waals surface area contributed by atoms with Crippen molar-refractivity contribution in [2.24, 2.45) is 0 Å². The fraction of sp³-hybridized carbons (Fsp3) is 0.200. The zero-order chi connectivity index (χ0) is 19.7. The van der Waals surface area contributed by atoms with E-state index in [-0.39, 0.29) is 30.7 Å². The van der Waals surface area contributed by atoms with Crippen LogP contribution in [0, 0.1) is 5.82 Å². The van der Waals surface area contributed by atoms with Gasteiger partial charge < -0.3 is 9.30 Å². The number of benzene rings is 1. The summed E-state index contributed by atoms with van der Waals surface area (Å²) in [6.07, 6.45) is 3.37.